The highest BCUT2D eigenvalue weighted by atomic mass is 32.2. The lowest BCUT2D eigenvalue weighted by atomic mass is 10.2. The second kappa shape index (κ2) is 5.54. The van der Waals surface area contributed by atoms with Gasteiger partial charge in [0.1, 0.15) is 0 Å². The lowest BCUT2D eigenvalue weighted by molar-refractivity contribution is 0.584. The van der Waals surface area contributed by atoms with Crippen LogP contribution in [-0.4, -0.2) is 14.6 Å². The van der Waals surface area contributed by atoms with Crippen LogP contribution in [0, 0.1) is 13.8 Å². The third-order valence-electron chi connectivity index (χ3n) is 2.54. The molecule has 100 valence electrons. The Morgan fingerprint density at radius 3 is 2.74 bits per heavy atom. The Labute approximate surface area is 116 Å². The van der Waals surface area contributed by atoms with E-state index in [1.54, 1.807) is 19.1 Å². The monoisotopic (exact) mass is 294 g/mol. The lowest BCUT2D eigenvalue weighted by Gasteiger charge is -2.07. The maximum atomic E-state index is 12.1. The summed E-state index contributed by atoms with van der Waals surface area (Å²) in [6.07, 6.45) is 1.49. The largest absolute Gasteiger partial charge is 0.276 e. The van der Waals surface area contributed by atoms with Crippen LogP contribution < -0.4 is 4.83 Å². The van der Waals surface area contributed by atoms with Gasteiger partial charge in [-0.05, 0) is 42.5 Å². The van der Waals surface area contributed by atoms with Gasteiger partial charge < -0.3 is 0 Å². The molecule has 0 saturated carbocycles. The number of nitrogens with zero attached hydrogens (tertiary/aromatic N) is 1. The average molecular weight is 294 g/mol. The van der Waals surface area contributed by atoms with Crippen molar-refractivity contribution in [3.8, 4) is 0 Å². The molecule has 0 aliphatic heterocycles. The fraction of sp³-hybridized carbons (Fsp3) is 0.154. The fourth-order valence-electron chi connectivity index (χ4n) is 1.57. The number of nitrogens with one attached hydrogen (secondary N) is 1. The standard InChI is InChI=1S/C13H14N2O2S2/c1-10-5-6-11(2)13(8-10)19(16,17)15-14-9-12-4-3-7-18-12/h3-9,15H,1-2H3/b14-9+. The number of hydrogen-bond acceptors (Lipinski definition) is 4. The van der Waals surface area contributed by atoms with E-state index in [2.05, 4.69) is 9.93 Å². The van der Waals surface area contributed by atoms with Gasteiger partial charge in [0.15, 0.2) is 0 Å². The number of thiophene rings is 1. The Kier molecular flexibility index (Phi) is 4.01. The summed E-state index contributed by atoms with van der Waals surface area (Å²) in [6, 6.07) is 9.04. The van der Waals surface area contributed by atoms with Gasteiger partial charge in [0.2, 0.25) is 0 Å². The molecular formula is C13H14N2O2S2. The van der Waals surface area contributed by atoms with E-state index in [1.807, 2.05) is 30.5 Å². The summed E-state index contributed by atoms with van der Waals surface area (Å²) in [6.45, 7) is 3.62. The number of benzene rings is 1. The van der Waals surface area contributed by atoms with Crippen LogP contribution in [-0.2, 0) is 10.0 Å². The minimum absolute atomic E-state index is 0.260. The van der Waals surface area contributed by atoms with E-state index in [1.165, 1.54) is 17.6 Å². The van der Waals surface area contributed by atoms with Gasteiger partial charge in [0, 0.05) is 4.88 Å². The molecule has 1 N–H and O–H groups in total. The van der Waals surface area contributed by atoms with E-state index >= 15 is 0 Å². The maximum Gasteiger partial charge on any atom is 0.276 e. The molecule has 0 amide bonds. The molecule has 19 heavy (non-hydrogen) atoms. The Morgan fingerprint density at radius 2 is 2.05 bits per heavy atom. The number of hydrogen-bond donors (Lipinski definition) is 1. The van der Waals surface area contributed by atoms with Crippen LogP contribution in [0.3, 0.4) is 0 Å². The molecule has 0 atom stereocenters. The van der Waals surface area contributed by atoms with Crippen molar-refractivity contribution in [3.05, 3.63) is 51.7 Å². The van der Waals surface area contributed by atoms with Crippen LogP contribution >= 0.6 is 11.3 Å². The molecular weight excluding hydrogens is 280 g/mol. The van der Waals surface area contributed by atoms with E-state index in [4.69, 9.17) is 0 Å². The minimum atomic E-state index is -3.61. The van der Waals surface area contributed by atoms with Crippen LogP contribution in [0.25, 0.3) is 0 Å². The Balaban J connectivity index is 2.21. The molecule has 2 aromatic rings. The third kappa shape index (κ3) is 3.42. The molecule has 0 aliphatic carbocycles. The van der Waals surface area contributed by atoms with E-state index < -0.39 is 10.0 Å². The lowest BCUT2D eigenvalue weighted by Crippen LogP contribution is -2.19. The topological polar surface area (TPSA) is 58.5 Å². The third-order valence-corrected chi connectivity index (χ3v) is 4.71. The van der Waals surface area contributed by atoms with Crippen molar-refractivity contribution in [1.29, 1.82) is 0 Å². The molecule has 4 nitrogen and oxygen atoms in total. The molecule has 0 unspecified atom stereocenters. The van der Waals surface area contributed by atoms with Gasteiger partial charge in [-0.25, -0.2) is 4.83 Å². The number of hydrazone groups is 1. The average Bonchev–Trinajstić information content (AvgIpc) is 2.85. The summed E-state index contributed by atoms with van der Waals surface area (Å²) < 4.78 is 24.2. The SMILES string of the molecule is Cc1ccc(C)c(S(=O)(=O)N/N=C/c2cccs2)c1. The van der Waals surface area contributed by atoms with E-state index in [0.717, 1.165) is 10.4 Å². The first-order valence-corrected chi connectivity index (χ1v) is 8.01. The van der Waals surface area contributed by atoms with Gasteiger partial charge in [-0.1, -0.05) is 18.2 Å². The first-order valence-electron chi connectivity index (χ1n) is 5.65. The van der Waals surface area contributed by atoms with Crippen molar-refractivity contribution in [2.24, 2.45) is 5.10 Å². The highest BCUT2D eigenvalue weighted by Crippen LogP contribution is 2.16. The maximum absolute atomic E-state index is 12.1. The Hall–Kier alpha value is -1.66. The molecule has 0 saturated heterocycles. The molecule has 1 aromatic carbocycles. The van der Waals surface area contributed by atoms with Crippen molar-refractivity contribution < 1.29 is 8.42 Å². The van der Waals surface area contributed by atoms with Gasteiger partial charge in [-0.15, -0.1) is 11.3 Å². The molecule has 0 fully saturated rings. The van der Waals surface area contributed by atoms with Crippen molar-refractivity contribution in [3.63, 3.8) is 0 Å². The van der Waals surface area contributed by atoms with Gasteiger partial charge in [0.25, 0.3) is 10.0 Å². The van der Waals surface area contributed by atoms with Crippen molar-refractivity contribution >= 4 is 27.6 Å². The zero-order valence-corrected chi connectivity index (χ0v) is 12.3. The second-order valence-corrected chi connectivity index (χ2v) is 6.75. The molecule has 1 heterocycles. The molecule has 6 heteroatoms. The Bertz CT molecular complexity index is 689. The normalized spacial score (nSPS) is 11.9. The van der Waals surface area contributed by atoms with Crippen LogP contribution in [0.2, 0.25) is 0 Å². The first kappa shape index (κ1) is 13.8. The highest BCUT2D eigenvalue weighted by Gasteiger charge is 2.15. The van der Waals surface area contributed by atoms with Gasteiger partial charge in [0.05, 0.1) is 11.1 Å². The summed E-state index contributed by atoms with van der Waals surface area (Å²) >= 11 is 1.49. The zero-order chi connectivity index (χ0) is 13.9. The van der Waals surface area contributed by atoms with E-state index in [9.17, 15) is 8.42 Å². The predicted octanol–water partition coefficient (Wildman–Crippen LogP) is 2.68. The Morgan fingerprint density at radius 1 is 1.26 bits per heavy atom. The first-order chi connectivity index (χ1) is 8.99. The molecule has 0 bridgehead atoms. The van der Waals surface area contributed by atoms with Gasteiger partial charge in [-0.2, -0.15) is 13.5 Å². The van der Waals surface area contributed by atoms with Gasteiger partial charge >= 0.3 is 0 Å². The van der Waals surface area contributed by atoms with E-state index in [-0.39, 0.29) is 4.90 Å². The summed E-state index contributed by atoms with van der Waals surface area (Å²) in [5, 5.41) is 5.68. The number of rotatable bonds is 4. The predicted molar refractivity (Wildman–Crippen MR) is 78.2 cm³/mol. The quantitative estimate of drug-likeness (QED) is 0.696. The molecule has 2 rings (SSSR count). The summed E-state index contributed by atoms with van der Waals surface area (Å²) in [5.74, 6) is 0. The minimum Gasteiger partial charge on any atom is -0.200 e. The van der Waals surface area contributed by atoms with Crippen LogP contribution in [0.1, 0.15) is 16.0 Å². The van der Waals surface area contributed by atoms with Crippen molar-refractivity contribution in [1.82, 2.24) is 4.83 Å². The number of aryl methyl sites for hydroxylation is 2. The van der Waals surface area contributed by atoms with Crippen LogP contribution in [0.4, 0.5) is 0 Å². The van der Waals surface area contributed by atoms with Crippen LogP contribution in [0.15, 0.2) is 45.7 Å². The molecule has 0 spiro atoms. The smallest absolute Gasteiger partial charge is 0.200 e. The summed E-state index contributed by atoms with van der Waals surface area (Å²) in [5.41, 5.74) is 1.60. The van der Waals surface area contributed by atoms with Crippen molar-refractivity contribution in [2.45, 2.75) is 18.7 Å². The summed E-state index contributed by atoms with van der Waals surface area (Å²) in [7, 11) is -3.61. The fourth-order valence-corrected chi connectivity index (χ4v) is 3.28. The van der Waals surface area contributed by atoms with E-state index in [0.29, 0.717) is 5.56 Å². The van der Waals surface area contributed by atoms with Crippen LogP contribution in [0.5, 0.6) is 0 Å². The number of sulfonamides is 1. The molecule has 1 aromatic heterocycles. The molecule has 0 aliphatic rings. The molecule has 0 radical (unpaired) electrons. The van der Waals surface area contributed by atoms with Crippen molar-refractivity contribution in [2.75, 3.05) is 0 Å². The second-order valence-electron chi connectivity index (χ2n) is 4.14. The zero-order valence-electron chi connectivity index (χ0n) is 10.6. The summed E-state index contributed by atoms with van der Waals surface area (Å²) in [4.78, 5) is 3.38. The highest BCUT2D eigenvalue weighted by molar-refractivity contribution is 7.89. The van der Waals surface area contributed by atoms with Gasteiger partial charge in [-0.3, -0.25) is 0 Å².